The van der Waals surface area contributed by atoms with Gasteiger partial charge in [0.25, 0.3) is 0 Å². The molecule has 1 aromatic heterocycles. The van der Waals surface area contributed by atoms with Crippen LogP contribution in [0, 0.1) is 0 Å². The minimum Gasteiger partial charge on any atom is -0.315 e. The first kappa shape index (κ1) is 14.5. The molecule has 1 aromatic rings. The second-order valence-corrected chi connectivity index (χ2v) is 5.99. The fourth-order valence-electron chi connectivity index (χ4n) is 3.53. The number of aryl methyl sites for hydroxylation is 1. The number of nitrogens with one attached hydrogen (secondary N) is 1. The number of hydrogen-bond acceptors (Lipinski definition) is 4. The van der Waals surface area contributed by atoms with E-state index in [1.165, 1.54) is 32.1 Å². The quantitative estimate of drug-likeness (QED) is 0.869. The van der Waals surface area contributed by atoms with Crippen molar-refractivity contribution < 1.29 is 0 Å². The van der Waals surface area contributed by atoms with E-state index in [1.807, 2.05) is 13.2 Å². The predicted molar refractivity (Wildman–Crippen MR) is 77.1 cm³/mol. The summed E-state index contributed by atoms with van der Waals surface area (Å²) in [6.07, 6.45) is 9.54. The summed E-state index contributed by atoms with van der Waals surface area (Å²) >= 11 is 0. The lowest BCUT2D eigenvalue weighted by Crippen LogP contribution is -2.60. The van der Waals surface area contributed by atoms with Crippen LogP contribution >= 0.6 is 0 Å². The molecular weight excluding hydrogens is 238 g/mol. The summed E-state index contributed by atoms with van der Waals surface area (Å²) < 4.78 is 1.78. The molecule has 5 heteroatoms. The number of aromatic nitrogens is 3. The van der Waals surface area contributed by atoms with Gasteiger partial charge in [-0.15, -0.1) is 5.10 Å². The molecule has 1 aliphatic carbocycles. The normalized spacial score (nSPS) is 20.7. The highest BCUT2D eigenvalue weighted by Crippen LogP contribution is 2.36. The van der Waals surface area contributed by atoms with Crippen molar-refractivity contribution in [3.05, 3.63) is 11.9 Å². The topological polar surface area (TPSA) is 46.0 Å². The van der Waals surface area contributed by atoms with Crippen molar-refractivity contribution in [3.63, 3.8) is 0 Å². The molecule has 1 aliphatic rings. The average molecular weight is 265 g/mol. The highest BCUT2D eigenvalue weighted by atomic mass is 15.4. The third kappa shape index (κ3) is 2.98. The van der Waals surface area contributed by atoms with Gasteiger partial charge in [-0.05, 0) is 34.0 Å². The second-order valence-electron chi connectivity index (χ2n) is 5.99. The van der Waals surface area contributed by atoms with E-state index in [-0.39, 0.29) is 5.54 Å². The Bertz CT molecular complexity index is 392. The molecule has 108 valence electrons. The number of rotatable bonds is 5. The highest BCUT2D eigenvalue weighted by Gasteiger charge is 2.41. The zero-order valence-electron chi connectivity index (χ0n) is 12.7. The molecule has 0 bridgehead atoms. The summed E-state index contributed by atoms with van der Waals surface area (Å²) in [5, 5.41) is 11.8. The molecule has 1 unspecified atom stereocenters. The van der Waals surface area contributed by atoms with Crippen LogP contribution < -0.4 is 5.32 Å². The molecule has 19 heavy (non-hydrogen) atoms. The maximum atomic E-state index is 4.24. The van der Waals surface area contributed by atoms with Crippen LogP contribution in [0.2, 0.25) is 0 Å². The van der Waals surface area contributed by atoms with E-state index in [0.29, 0.717) is 6.04 Å². The van der Waals surface area contributed by atoms with E-state index in [4.69, 9.17) is 0 Å². The van der Waals surface area contributed by atoms with Crippen LogP contribution in [-0.2, 0) is 13.5 Å². The van der Waals surface area contributed by atoms with Gasteiger partial charge in [0.2, 0.25) is 0 Å². The smallest absolute Gasteiger partial charge is 0.0843 e. The summed E-state index contributed by atoms with van der Waals surface area (Å²) in [6, 6.07) is 0.430. The number of nitrogens with zero attached hydrogens (tertiary/aromatic N) is 4. The van der Waals surface area contributed by atoms with Crippen molar-refractivity contribution in [2.75, 3.05) is 21.1 Å². The Kier molecular flexibility index (Phi) is 4.58. The van der Waals surface area contributed by atoms with Crippen molar-refractivity contribution in [3.8, 4) is 0 Å². The van der Waals surface area contributed by atoms with Crippen molar-refractivity contribution >= 4 is 0 Å². The second kappa shape index (κ2) is 6.01. The van der Waals surface area contributed by atoms with E-state index >= 15 is 0 Å². The number of likely N-dealkylation sites (N-methyl/N-ethyl adjacent to an activating group) is 2. The third-order valence-corrected chi connectivity index (χ3v) is 4.67. The molecule has 0 amide bonds. The summed E-state index contributed by atoms with van der Waals surface area (Å²) in [6.45, 7) is 0. The minimum atomic E-state index is 0.254. The van der Waals surface area contributed by atoms with Crippen LogP contribution in [0.15, 0.2) is 6.20 Å². The van der Waals surface area contributed by atoms with E-state index in [2.05, 4.69) is 41.7 Å². The van der Waals surface area contributed by atoms with Crippen molar-refractivity contribution in [1.29, 1.82) is 0 Å². The Labute approximate surface area is 116 Å². The maximum absolute atomic E-state index is 4.24. The van der Waals surface area contributed by atoms with Gasteiger partial charge in [0, 0.05) is 31.2 Å². The Hall–Kier alpha value is -0.940. The van der Waals surface area contributed by atoms with Crippen LogP contribution in [0.3, 0.4) is 0 Å². The van der Waals surface area contributed by atoms with Gasteiger partial charge < -0.3 is 10.2 Å². The van der Waals surface area contributed by atoms with Gasteiger partial charge in [0.1, 0.15) is 0 Å². The summed E-state index contributed by atoms with van der Waals surface area (Å²) in [5.41, 5.74) is 1.33. The molecule has 5 nitrogen and oxygen atoms in total. The molecule has 0 aliphatic heterocycles. The van der Waals surface area contributed by atoms with Gasteiger partial charge in [0.05, 0.1) is 5.69 Å². The van der Waals surface area contributed by atoms with Crippen LogP contribution in [-0.4, -0.2) is 52.6 Å². The van der Waals surface area contributed by atoms with Crippen LogP contribution in [0.25, 0.3) is 0 Å². The zero-order chi connectivity index (χ0) is 13.9. The van der Waals surface area contributed by atoms with Crippen molar-refractivity contribution in [1.82, 2.24) is 25.2 Å². The first-order chi connectivity index (χ1) is 9.08. The Morgan fingerprint density at radius 2 is 2.05 bits per heavy atom. The van der Waals surface area contributed by atoms with Crippen LogP contribution in [0.5, 0.6) is 0 Å². The first-order valence-corrected chi connectivity index (χ1v) is 7.28. The molecule has 0 saturated heterocycles. The molecule has 0 spiro atoms. The molecule has 2 rings (SSSR count). The first-order valence-electron chi connectivity index (χ1n) is 7.28. The maximum Gasteiger partial charge on any atom is 0.0843 e. The summed E-state index contributed by atoms with van der Waals surface area (Å²) in [5.74, 6) is 0. The van der Waals surface area contributed by atoms with Crippen LogP contribution in [0.1, 0.15) is 37.8 Å². The van der Waals surface area contributed by atoms with Gasteiger partial charge in [-0.3, -0.25) is 4.68 Å². The van der Waals surface area contributed by atoms with Gasteiger partial charge in [0.15, 0.2) is 0 Å². The van der Waals surface area contributed by atoms with Gasteiger partial charge >= 0.3 is 0 Å². The predicted octanol–water partition coefficient (Wildman–Crippen LogP) is 1.21. The molecule has 1 atom stereocenters. The summed E-state index contributed by atoms with van der Waals surface area (Å²) in [4.78, 5) is 2.42. The monoisotopic (exact) mass is 265 g/mol. The molecule has 0 radical (unpaired) electrons. The van der Waals surface area contributed by atoms with Gasteiger partial charge in [-0.1, -0.05) is 24.5 Å². The van der Waals surface area contributed by atoms with E-state index in [1.54, 1.807) is 4.68 Å². The molecule has 1 N–H and O–H groups in total. The van der Waals surface area contributed by atoms with E-state index < -0.39 is 0 Å². The number of hydrogen-bond donors (Lipinski definition) is 1. The lowest BCUT2D eigenvalue weighted by atomic mass is 9.74. The van der Waals surface area contributed by atoms with Crippen molar-refractivity contribution in [2.24, 2.45) is 7.05 Å². The molecular formula is C14H27N5. The van der Waals surface area contributed by atoms with Gasteiger partial charge in [-0.25, -0.2) is 0 Å². The molecule has 1 saturated carbocycles. The Morgan fingerprint density at radius 1 is 1.37 bits per heavy atom. The molecule has 0 aromatic carbocycles. The Morgan fingerprint density at radius 3 is 2.53 bits per heavy atom. The molecule has 1 fully saturated rings. The zero-order valence-corrected chi connectivity index (χ0v) is 12.7. The largest absolute Gasteiger partial charge is 0.315 e. The lowest BCUT2D eigenvalue weighted by molar-refractivity contribution is 0.0595. The Balaban J connectivity index is 2.17. The fraction of sp³-hybridized carbons (Fsp3) is 0.857. The average Bonchev–Trinajstić information content (AvgIpc) is 2.82. The van der Waals surface area contributed by atoms with E-state index in [0.717, 1.165) is 12.1 Å². The van der Waals surface area contributed by atoms with Crippen molar-refractivity contribution in [2.45, 2.75) is 50.1 Å². The lowest BCUT2D eigenvalue weighted by Gasteiger charge is -2.48. The fourth-order valence-corrected chi connectivity index (χ4v) is 3.53. The van der Waals surface area contributed by atoms with Gasteiger partial charge in [-0.2, -0.15) is 0 Å². The van der Waals surface area contributed by atoms with E-state index in [9.17, 15) is 0 Å². The minimum absolute atomic E-state index is 0.254. The standard InChI is InChI=1S/C14H27N5/c1-15-13(10-12-11-19(4)17-16-12)14(18(2)3)8-6-5-7-9-14/h11,13,15H,5-10H2,1-4H3. The highest BCUT2D eigenvalue weighted by molar-refractivity contribution is 5.06. The van der Waals surface area contributed by atoms with Crippen LogP contribution in [0.4, 0.5) is 0 Å². The summed E-state index contributed by atoms with van der Waals surface area (Å²) in [7, 11) is 8.42. The third-order valence-electron chi connectivity index (χ3n) is 4.67. The SMILES string of the molecule is CNC(Cc1cn(C)nn1)C1(N(C)C)CCCCC1. The molecule has 1 heterocycles.